The number of amides is 2. The second-order valence-corrected chi connectivity index (χ2v) is 8.33. The molecule has 162 valence electrons. The Hall–Kier alpha value is -3.84. The number of urea groups is 1. The third-order valence-corrected chi connectivity index (χ3v) is 6.13. The third-order valence-electron chi connectivity index (χ3n) is 6.13. The summed E-state index contributed by atoms with van der Waals surface area (Å²) in [6, 6.07) is 21.6. The Bertz CT molecular complexity index is 1300. The number of carbonyl (C=O) groups excluding carboxylic acids is 1. The van der Waals surface area contributed by atoms with E-state index in [-0.39, 0.29) is 6.03 Å². The lowest BCUT2D eigenvalue weighted by atomic mass is 9.89. The molecule has 4 aromatic rings. The van der Waals surface area contributed by atoms with Gasteiger partial charge in [-0.2, -0.15) is 10.2 Å². The number of pyridine rings is 1. The lowest BCUT2D eigenvalue weighted by Gasteiger charge is -2.33. The molecule has 0 saturated carbocycles. The molecule has 1 atom stereocenters. The first-order valence-electron chi connectivity index (χ1n) is 10.6. The number of carbonyl (C=O) groups is 1. The van der Waals surface area contributed by atoms with Crippen molar-refractivity contribution < 1.29 is 9.63 Å². The van der Waals surface area contributed by atoms with Crippen molar-refractivity contribution in [3.05, 3.63) is 84.1 Å². The molecule has 7 heteroatoms. The summed E-state index contributed by atoms with van der Waals surface area (Å²) in [6.07, 6.45) is 2.61. The van der Waals surface area contributed by atoms with Gasteiger partial charge in [0.15, 0.2) is 0 Å². The molecular formula is C25H25N5O2. The van der Waals surface area contributed by atoms with Crippen LogP contribution in [-0.4, -0.2) is 27.3 Å². The molecule has 0 bridgehead atoms. The number of aryl methyl sites for hydroxylation is 1. The Morgan fingerprint density at radius 2 is 1.88 bits per heavy atom. The van der Waals surface area contributed by atoms with E-state index in [1.807, 2.05) is 86.8 Å². The van der Waals surface area contributed by atoms with Crippen LogP contribution in [0, 0.1) is 6.92 Å². The van der Waals surface area contributed by atoms with Gasteiger partial charge in [-0.3, -0.25) is 4.84 Å². The van der Waals surface area contributed by atoms with E-state index < -0.39 is 5.54 Å². The number of nitrogens with one attached hydrogen (secondary N) is 1. The van der Waals surface area contributed by atoms with Crippen molar-refractivity contribution in [1.29, 1.82) is 0 Å². The van der Waals surface area contributed by atoms with Crippen molar-refractivity contribution in [1.82, 2.24) is 14.7 Å². The molecule has 0 radical (unpaired) electrons. The van der Waals surface area contributed by atoms with Gasteiger partial charge < -0.3 is 11.1 Å². The molecule has 1 saturated heterocycles. The molecule has 1 fully saturated rings. The average molecular weight is 428 g/mol. The normalized spacial score (nSPS) is 18.2. The zero-order valence-electron chi connectivity index (χ0n) is 18.1. The van der Waals surface area contributed by atoms with Crippen LogP contribution >= 0.6 is 0 Å². The maximum Gasteiger partial charge on any atom is 0.346 e. The van der Waals surface area contributed by atoms with E-state index in [9.17, 15) is 4.79 Å². The van der Waals surface area contributed by atoms with Gasteiger partial charge in [-0.05, 0) is 54.3 Å². The molecule has 0 spiro atoms. The molecule has 7 nitrogen and oxygen atoms in total. The average Bonchev–Trinajstić information content (AvgIpc) is 3.37. The number of rotatable bonds is 3. The Morgan fingerprint density at radius 1 is 1.09 bits per heavy atom. The van der Waals surface area contributed by atoms with Crippen molar-refractivity contribution >= 4 is 23.1 Å². The summed E-state index contributed by atoms with van der Waals surface area (Å²) in [5.41, 5.74) is 11.0. The van der Waals surface area contributed by atoms with Crippen LogP contribution in [0.5, 0.6) is 0 Å². The van der Waals surface area contributed by atoms with Crippen molar-refractivity contribution in [2.75, 3.05) is 17.7 Å². The van der Waals surface area contributed by atoms with Gasteiger partial charge >= 0.3 is 6.03 Å². The first-order valence-corrected chi connectivity index (χ1v) is 10.6. The molecule has 3 heterocycles. The first-order chi connectivity index (χ1) is 15.4. The van der Waals surface area contributed by atoms with E-state index in [0.29, 0.717) is 12.4 Å². The standard InChI is InChI=1S/C25H25N5O2/c1-17-8-9-18(19-10-12-29-21(14-19)16-23(26)28-29)15-22(17)27-24(31)30-25(2,11-13-32-30)20-6-4-3-5-7-20/h3-10,12,14-16H,11,13H2,1-2H3,(H2,26,28)(H,27,31). The third kappa shape index (κ3) is 3.46. The van der Waals surface area contributed by atoms with Crippen molar-refractivity contribution in [2.24, 2.45) is 0 Å². The van der Waals surface area contributed by atoms with E-state index in [1.54, 1.807) is 4.52 Å². The second kappa shape index (κ2) is 7.69. The van der Waals surface area contributed by atoms with E-state index in [4.69, 9.17) is 10.6 Å². The van der Waals surface area contributed by atoms with Crippen LogP contribution in [0.25, 0.3) is 16.6 Å². The summed E-state index contributed by atoms with van der Waals surface area (Å²) >= 11 is 0. The highest BCUT2D eigenvalue weighted by Gasteiger charge is 2.43. The van der Waals surface area contributed by atoms with Gasteiger partial charge in [0.2, 0.25) is 0 Å². The van der Waals surface area contributed by atoms with Gasteiger partial charge in [-0.15, -0.1) is 0 Å². The summed E-state index contributed by atoms with van der Waals surface area (Å²) in [4.78, 5) is 19.0. The van der Waals surface area contributed by atoms with Crippen molar-refractivity contribution in [3.8, 4) is 11.1 Å². The van der Waals surface area contributed by atoms with Gasteiger partial charge in [0.25, 0.3) is 0 Å². The van der Waals surface area contributed by atoms with E-state index >= 15 is 0 Å². The monoisotopic (exact) mass is 427 g/mol. The highest BCUT2D eigenvalue weighted by Crippen LogP contribution is 2.37. The predicted octanol–water partition coefficient (Wildman–Crippen LogP) is 4.98. The number of aromatic nitrogens is 2. The van der Waals surface area contributed by atoms with E-state index in [1.165, 1.54) is 5.06 Å². The highest BCUT2D eigenvalue weighted by atomic mass is 16.7. The molecule has 0 aliphatic carbocycles. The number of fused-ring (bicyclic) bond motifs is 1. The van der Waals surface area contributed by atoms with Gasteiger partial charge in [-0.1, -0.05) is 42.5 Å². The van der Waals surface area contributed by atoms with Crippen LogP contribution < -0.4 is 11.1 Å². The molecule has 2 aromatic heterocycles. The molecule has 32 heavy (non-hydrogen) atoms. The molecule has 1 aliphatic heterocycles. The lowest BCUT2D eigenvalue weighted by molar-refractivity contribution is -0.111. The fourth-order valence-corrected chi connectivity index (χ4v) is 4.22. The molecule has 2 aromatic carbocycles. The molecular weight excluding hydrogens is 402 g/mol. The Morgan fingerprint density at radius 3 is 2.69 bits per heavy atom. The number of hydrogen-bond acceptors (Lipinski definition) is 4. The summed E-state index contributed by atoms with van der Waals surface area (Å²) in [6.45, 7) is 4.50. The fourth-order valence-electron chi connectivity index (χ4n) is 4.22. The minimum Gasteiger partial charge on any atom is -0.382 e. The minimum atomic E-state index is -0.524. The number of nitrogens with zero attached hydrogens (tertiary/aromatic N) is 3. The molecule has 3 N–H and O–H groups in total. The SMILES string of the molecule is Cc1ccc(-c2ccn3nc(N)cc3c2)cc1NC(=O)N1OCCC1(C)c1ccccc1. The second-order valence-electron chi connectivity index (χ2n) is 8.33. The van der Waals surface area contributed by atoms with Gasteiger partial charge in [-0.25, -0.2) is 9.31 Å². The number of anilines is 2. The molecule has 5 rings (SSSR count). The number of nitrogens with two attached hydrogens (primary N) is 1. The summed E-state index contributed by atoms with van der Waals surface area (Å²) in [5.74, 6) is 0.478. The van der Waals surface area contributed by atoms with Gasteiger partial charge in [0.1, 0.15) is 5.82 Å². The number of hydroxylamine groups is 2. The quantitative estimate of drug-likeness (QED) is 0.483. The van der Waals surface area contributed by atoms with Crippen LogP contribution in [0.2, 0.25) is 0 Å². The Kier molecular flexibility index (Phi) is 4.83. The van der Waals surface area contributed by atoms with Crippen LogP contribution in [0.4, 0.5) is 16.3 Å². The number of benzene rings is 2. The fraction of sp³-hybridized carbons (Fsp3) is 0.200. The zero-order chi connectivity index (χ0) is 22.3. The number of nitrogen functional groups attached to an aromatic ring is 1. The van der Waals surface area contributed by atoms with Crippen LogP contribution in [0.1, 0.15) is 24.5 Å². The van der Waals surface area contributed by atoms with E-state index in [2.05, 4.69) is 10.4 Å². The number of hydrogen-bond donors (Lipinski definition) is 2. The Balaban J connectivity index is 1.43. The topological polar surface area (TPSA) is 84.9 Å². The van der Waals surface area contributed by atoms with Gasteiger partial charge in [0.05, 0.1) is 17.7 Å². The maximum atomic E-state index is 13.2. The summed E-state index contributed by atoms with van der Waals surface area (Å²) < 4.78 is 1.74. The van der Waals surface area contributed by atoms with Gasteiger partial charge in [0, 0.05) is 24.4 Å². The van der Waals surface area contributed by atoms with Crippen LogP contribution in [0.3, 0.4) is 0 Å². The molecule has 1 aliphatic rings. The van der Waals surface area contributed by atoms with Crippen LogP contribution in [0.15, 0.2) is 72.9 Å². The maximum absolute atomic E-state index is 13.2. The predicted molar refractivity (Wildman–Crippen MR) is 125 cm³/mol. The molecule has 2 amide bonds. The smallest absolute Gasteiger partial charge is 0.346 e. The highest BCUT2D eigenvalue weighted by molar-refractivity contribution is 5.91. The lowest BCUT2D eigenvalue weighted by Crippen LogP contribution is -2.44. The van der Waals surface area contributed by atoms with E-state index in [0.717, 1.165) is 39.9 Å². The van der Waals surface area contributed by atoms with Crippen molar-refractivity contribution in [2.45, 2.75) is 25.8 Å². The summed E-state index contributed by atoms with van der Waals surface area (Å²) in [5, 5.41) is 8.74. The van der Waals surface area contributed by atoms with Crippen molar-refractivity contribution in [3.63, 3.8) is 0 Å². The first kappa shape index (κ1) is 20.1. The Labute approximate surface area is 186 Å². The largest absolute Gasteiger partial charge is 0.382 e. The minimum absolute atomic E-state index is 0.284. The molecule has 1 unspecified atom stereocenters. The van der Waals surface area contributed by atoms with Crippen LogP contribution in [-0.2, 0) is 10.4 Å². The summed E-state index contributed by atoms with van der Waals surface area (Å²) in [7, 11) is 0. The zero-order valence-corrected chi connectivity index (χ0v) is 18.1.